The van der Waals surface area contributed by atoms with Gasteiger partial charge in [-0.2, -0.15) is 0 Å². The minimum Gasteiger partial charge on any atom is -0.321 e. The van der Waals surface area contributed by atoms with E-state index in [4.69, 9.17) is 0 Å². The molecule has 13 heteroatoms. The van der Waals surface area contributed by atoms with Crippen LogP contribution in [0.4, 0.5) is 16.5 Å². The van der Waals surface area contributed by atoms with E-state index < -0.39 is 16.7 Å². The van der Waals surface area contributed by atoms with Gasteiger partial charge in [0.05, 0.1) is 21.9 Å². The molecule has 4 aromatic carbocycles. The van der Waals surface area contributed by atoms with Crippen LogP contribution in [0.1, 0.15) is 15.9 Å². The quantitative estimate of drug-likeness (QED) is 0.0553. The zero-order valence-corrected chi connectivity index (χ0v) is 27.0. The van der Waals surface area contributed by atoms with Gasteiger partial charge < -0.3 is 16.0 Å². The number of nitrogens with one attached hydrogen (secondary N) is 3. The Morgan fingerprint density at radius 2 is 1.59 bits per heavy atom. The zero-order chi connectivity index (χ0) is 32.5. The Balaban J connectivity index is 1.22. The van der Waals surface area contributed by atoms with Crippen molar-refractivity contribution in [3.05, 3.63) is 140 Å². The third-order valence-corrected chi connectivity index (χ3v) is 8.63. The number of amides is 3. The van der Waals surface area contributed by atoms with Crippen LogP contribution in [0.3, 0.4) is 0 Å². The minimum atomic E-state index is -0.673. The molecule has 0 bridgehead atoms. The molecule has 0 aliphatic heterocycles. The van der Waals surface area contributed by atoms with Crippen LogP contribution in [0.2, 0.25) is 0 Å². The van der Waals surface area contributed by atoms with Crippen LogP contribution >= 0.6 is 39.0 Å². The van der Waals surface area contributed by atoms with Crippen molar-refractivity contribution in [2.24, 2.45) is 0 Å². The van der Waals surface area contributed by atoms with Gasteiger partial charge in [-0.15, -0.1) is 23.1 Å². The number of thioether (sulfide) groups is 1. The topological polar surface area (TPSA) is 143 Å². The molecule has 5 aromatic rings. The van der Waals surface area contributed by atoms with E-state index in [2.05, 4.69) is 36.9 Å². The number of rotatable bonds is 11. The highest BCUT2D eigenvalue weighted by molar-refractivity contribution is 9.10. The second-order valence-corrected chi connectivity index (χ2v) is 12.4. The summed E-state index contributed by atoms with van der Waals surface area (Å²) in [7, 11) is 0. The number of nitro groups is 1. The number of nitrogens with zero attached hydrogens (tertiary/aromatic N) is 2. The van der Waals surface area contributed by atoms with E-state index in [-0.39, 0.29) is 28.6 Å². The molecule has 0 spiro atoms. The van der Waals surface area contributed by atoms with Gasteiger partial charge in [-0.25, -0.2) is 4.98 Å². The Labute approximate surface area is 280 Å². The van der Waals surface area contributed by atoms with Gasteiger partial charge in [0.2, 0.25) is 5.91 Å². The molecule has 1 aromatic heterocycles. The third-order valence-electron chi connectivity index (χ3n) is 6.33. The van der Waals surface area contributed by atoms with Gasteiger partial charge in [-0.1, -0.05) is 58.4 Å². The number of thiazole rings is 1. The summed E-state index contributed by atoms with van der Waals surface area (Å²) >= 11 is 6.07. The molecule has 0 saturated heterocycles. The van der Waals surface area contributed by atoms with Gasteiger partial charge in [-0.3, -0.25) is 24.5 Å². The molecule has 1 heterocycles. The number of para-hydroxylation sites is 1. The average Bonchev–Trinajstić information content (AvgIpc) is 3.53. The number of hydrogen-bond acceptors (Lipinski definition) is 8. The molecule has 0 aliphatic carbocycles. The number of hydrogen-bond donors (Lipinski definition) is 3. The molecule has 230 valence electrons. The number of aromatic nitrogens is 1. The Morgan fingerprint density at radius 3 is 2.30 bits per heavy atom. The second-order valence-electron chi connectivity index (χ2n) is 9.55. The summed E-state index contributed by atoms with van der Waals surface area (Å²) < 4.78 is 0.970. The van der Waals surface area contributed by atoms with Gasteiger partial charge >= 0.3 is 0 Å². The minimum absolute atomic E-state index is 0.146. The first-order chi connectivity index (χ1) is 22.2. The second kappa shape index (κ2) is 15.3. The lowest BCUT2D eigenvalue weighted by molar-refractivity contribution is -0.385. The summed E-state index contributed by atoms with van der Waals surface area (Å²) in [5, 5.41) is 22.1. The third kappa shape index (κ3) is 8.75. The summed E-state index contributed by atoms with van der Waals surface area (Å²) in [6.45, 7) is 0. The Morgan fingerprint density at radius 1 is 0.891 bits per heavy atom. The van der Waals surface area contributed by atoms with Crippen molar-refractivity contribution < 1.29 is 19.3 Å². The molecule has 0 unspecified atom stereocenters. The highest BCUT2D eigenvalue weighted by Gasteiger charge is 2.18. The molecule has 46 heavy (non-hydrogen) atoms. The summed E-state index contributed by atoms with van der Waals surface area (Å²) in [5.74, 6) is -1.29. The standard InChI is InChI=1S/C33H24BrN5O5S2/c34-24-12-10-21(11-13-24)28-19-46-33(37-28)38-30(40)20-45-26-16-14-25(15-17-26)35-32(42)27(36-31(41)22-6-2-1-3-7-22)18-23-8-4-5-9-29(23)39(43)44/h1-19H,20H2,(H,35,42)(H,36,41)(H,37,38,40)/b27-18-. The lowest BCUT2D eigenvalue weighted by Crippen LogP contribution is -2.30. The highest BCUT2D eigenvalue weighted by Crippen LogP contribution is 2.27. The molecule has 0 aliphatic rings. The van der Waals surface area contributed by atoms with Gasteiger partial charge in [0.15, 0.2) is 5.13 Å². The van der Waals surface area contributed by atoms with Crippen molar-refractivity contribution in [2.45, 2.75) is 4.90 Å². The number of carbonyl (C=O) groups excluding carboxylic acids is 3. The SMILES string of the molecule is O=C(CSc1ccc(NC(=O)/C(=C/c2ccccc2[N+](=O)[O-])NC(=O)c2ccccc2)cc1)Nc1nc(-c2ccc(Br)cc2)cs1. The fourth-order valence-corrected chi connectivity index (χ4v) is 5.79. The lowest BCUT2D eigenvalue weighted by atomic mass is 10.1. The first-order valence-electron chi connectivity index (χ1n) is 13.6. The fourth-order valence-electron chi connectivity index (χ4n) is 4.10. The van der Waals surface area contributed by atoms with Gasteiger partial charge in [0.25, 0.3) is 17.5 Å². The van der Waals surface area contributed by atoms with Crippen LogP contribution in [-0.4, -0.2) is 33.4 Å². The van der Waals surface area contributed by atoms with E-state index in [0.29, 0.717) is 16.4 Å². The summed E-state index contributed by atoms with van der Waals surface area (Å²) in [5.41, 5.74) is 2.22. The lowest BCUT2D eigenvalue weighted by Gasteiger charge is -2.12. The van der Waals surface area contributed by atoms with Crippen LogP contribution in [0.15, 0.2) is 124 Å². The molecule has 3 N–H and O–H groups in total. The average molecular weight is 715 g/mol. The number of halogens is 1. The summed E-state index contributed by atoms with van der Waals surface area (Å²) in [4.78, 5) is 55.0. The molecular weight excluding hydrogens is 690 g/mol. The van der Waals surface area contributed by atoms with E-state index in [1.165, 1.54) is 47.4 Å². The van der Waals surface area contributed by atoms with Crippen molar-refractivity contribution in [2.75, 3.05) is 16.4 Å². The number of benzene rings is 4. The molecule has 3 amide bonds. The van der Waals surface area contributed by atoms with Crippen molar-refractivity contribution in [1.82, 2.24) is 10.3 Å². The summed E-state index contributed by atoms with van der Waals surface area (Å²) in [6.07, 6.45) is 1.27. The van der Waals surface area contributed by atoms with Crippen molar-refractivity contribution in [1.29, 1.82) is 0 Å². The zero-order valence-electron chi connectivity index (χ0n) is 23.8. The van der Waals surface area contributed by atoms with Gasteiger partial charge in [0.1, 0.15) is 5.70 Å². The molecule has 0 atom stereocenters. The van der Waals surface area contributed by atoms with E-state index >= 15 is 0 Å². The molecular formula is C33H24BrN5O5S2. The molecule has 5 rings (SSSR count). The Hall–Kier alpha value is -5.11. The van der Waals surface area contributed by atoms with Crippen LogP contribution in [0, 0.1) is 10.1 Å². The van der Waals surface area contributed by atoms with E-state index in [1.807, 2.05) is 29.6 Å². The van der Waals surface area contributed by atoms with Crippen LogP contribution in [0.25, 0.3) is 17.3 Å². The first kappa shape index (κ1) is 32.3. The normalized spacial score (nSPS) is 11.0. The van der Waals surface area contributed by atoms with E-state index in [9.17, 15) is 24.5 Å². The smallest absolute Gasteiger partial charge is 0.276 e. The maximum absolute atomic E-state index is 13.3. The maximum Gasteiger partial charge on any atom is 0.276 e. The van der Waals surface area contributed by atoms with E-state index in [0.717, 1.165) is 20.6 Å². The van der Waals surface area contributed by atoms with Crippen molar-refractivity contribution in [3.63, 3.8) is 0 Å². The van der Waals surface area contributed by atoms with E-state index in [1.54, 1.807) is 60.7 Å². The molecule has 10 nitrogen and oxygen atoms in total. The monoisotopic (exact) mass is 713 g/mol. The predicted molar refractivity (Wildman–Crippen MR) is 185 cm³/mol. The fraction of sp³-hybridized carbons (Fsp3) is 0.0303. The first-order valence-corrected chi connectivity index (χ1v) is 16.3. The Kier molecular flexibility index (Phi) is 10.7. The molecule has 0 radical (unpaired) electrons. The van der Waals surface area contributed by atoms with Crippen LogP contribution < -0.4 is 16.0 Å². The van der Waals surface area contributed by atoms with Crippen LogP contribution in [0.5, 0.6) is 0 Å². The largest absolute Gasteiger partial charge is 0.321 e. The van der Waals surface area contributed by atoms with Gasteiger partial charge in [-0.05, 0) is 60.7 Å². The van der Waals surface area contributed by atoms with Crippen LogP contribution in [-0.2, 0) is 9.59 Å². The molecule has 0 fully saturated rings. The number of anilines is 2. The molecule has 0 saturated carbocycles. The number of nitro benzene ring substituents is 1. The predicted octanol–water partition coefficient (Wildman–Crippen LogP) is 7.62. The van der Waals surface area contributed by atoms with Crippen molar-refractivity contribution >= 4 is 79.3 Å². The Bertz CT molecular complexity index is 1910. The summed E-state index contributed by atoms with van der Waals surface area (Å²) in [6, 6.07) is 28.8. The maximum atomic E-state index is 13.3. The number of carbonyl (C=O) groups is 3. The van der Waals surface area contributed by atoms with Gasteiger partial charge in [0, 0.05) is 37.6 Å². The highest BCUT2D eigenvalue weighted by atomic mass is 79.9. The van der Waals surface area contributed by atoms with Crippen molar-refractivity contribution in [3.8, 4) is 11.3 Å².